The van der Waals surface area contributed by atoms with E-state index in [0.29, 0.717) is 13.0 Å². The molecule has 130 valence electrons. The molecule has 1 atom stereocenters. The predicted molar refractivity (Wildman–Crippen MR) is 81.5 cm³/mol. The highest BCUT2D eigenvalue weighted by atomic mass is 19.2. The van der Waals surface area contributed by atoms with E-state index in [0.717, 1.165) is 12.1 Å². The monoisotopic (exact) mass is 332 g/mol. The number of amides is 1. The molecule has 1 aromatic carbocycles. The Hall–Kier alpha value is -1.76. The highest BCUT2D eigenvalue weighted by Crippen LogP contribution is 2.13. The summed E-state index contributed by atoms with van der Waals surface area (Å²) in [7, 11) is 0. The van der Waals surface area contributed by atoms with Crippen LogP contribution in [0.4, 0.5) is 18.0 Å². The molecule has 0 saturated carbocycles. The highest BCUT2D eigenvalue weighted by Gasteiger charge is 2.18. The largest absolute Gasteiger partial charge is 0.444 e. The second-order valence-electron chi connectivity index (χ2n) is 6.26. The third-order valence-electron chi connectivity index (χ3n) is 2.98. The van der Waals surface area contributed by atoms with Gasteiger partial charge in [0.2, 0.25) is 0 Å². The van der Waals surface area contributed by atoms with Crippen LogP contribution >= 0.6 is 0 Å². The van der Waals surface area contributed by atoms with E-state index < -0.39 is 29.1 Å². The van der Waals surface area contributed by atoms with Gasteiger partial charge in [-0.2, -0.15) is 0 Å². The van der Waals surface area contributed by atoms with Crippen LogP contribution in [0, 0.1) is 17.5 Å². The van der Waals surface area contributed by atoms with Crippen molar-refractivity contribution in [1.82, 2.24) is 10.6 Å². The number of carbonyl (C=O) groups excluding carboxylic acids is 1. The van der Waals surface area contributed by atoms with Crippen LogP contribution in [0.25, 0.3) is 0 Å². The Morgan fingerprint density at radius 2 is 1.78 bits per heavy atom. The Morgan fingerprint density at radius 1 is 1.22 bits per heavy atom. The molecule has 1 rings (SSSR count). The molecule has 0 aliphatic heterocycles. The van der Waals surface area contributed by atoms with Crippen molar-refractivity contribution >= 4 is 6.09 Å². The molecule has 23 heavy (non-hydrogen) atoms. The Kier molecular flexibility index (Phi) is 6.87. The number of alkyl carbamates (subject to hydrolysis) is 1. The molecule has 7 heteroatoms. The highest BCUT2D eigenvalue weighted by molar-refractivity contribution is 5.68. The van der Waals surface area contributed by atoms with Crippen LogP contribution in [0.5, 0.6) is 0 Å². The number of nitrogens with one attached hydrogen (secondary N) is 2. The van der Waals surface area contributed by atoms with E-state index >= 15 is 0 Å². The number of carbonyl (C=O) groups is 1. The summed E-state index contributed by atoms with van der Waals surface area (Å²) >= 11 is 0. The van der Waals surface area contributed by atoms with Gasteiger partial charge in [0, 0.05) is 19.1 Å². The maximum Gasteiger partial charge on any atom is 0.407 e. The van der Waals surface area contributed by atoms with Gasteiger partial charge in [0.1, 0.15) is 5.60 Å². The lowest BCUT2D eigenvalue weighted by atomic mass is 10.2. The molecule has 2 N–H and O–H groups in total. The smallest absolute Gasteiger partial charge is 0.407 e. The molecule has 1 amide bonds. The van der Waals surface area contributed by atoms with E-state index in [-0.39, 0.29) is 18.2 Å². The number of rotatable bonds is 6. The van der Waals surface area contributed by atoms with Gasteiger partial charge in [-0.3, -0.25) is 0 Å². The van der Waals surface area contributed by atoms with Crippen molar-refractivity contribution in [2.24, 2.45) is 0 Å². The number of hydrogen-bond donors (Lipinski definition) is 2. The molecule has 1 unspecified atom stereocenters. The van der Waals surface area contributed by atoms with Crippen molar-refractivity contribution in [3.63, 3.8) is 0 Å². The van der Waals surface area contributed by atoms with Gasteiger partial charge in [-0.1, -0.05) is 6.92 Å². The first-order valence-electron chi connectivity index (χ1n) is 7.46. The first-order chi connectivity index (χ1) is 10.6. The van der Waals surface area contributed by atoms with E-state index in [2.05, 4.69) is 10.6 Å². The summed E-state index contributed by atoms with van der Waals surface area (Å²) in [4.78, 5) is 11.7. The Balaban J connectivity index is 2.48. The number of benzene rings is 1. The van der Waals surface area contributed by atoms with Gasteiger partial charge >= 0.3 is 6.09 Å². The average Bonchev–Trinajstić information content (AvgIpc) is 2.41. The molecular formula is C16H23F3N2O2. The molecule has 0 bridgehead atoms. The molecule has 0 fully saturated rings. The standard InChI is InChI=1S/C16H23F3N2O2/c1-5-11(21-15(22)23-16(2,3)4)9-20-8-10-6-12(17)14(19)13(18)7-10/h6-7,11,20H,5,8-9H2,1-4H3,(H,21,22). The lowest BCUT2D eigenvalue weighted by molar-refractivity contribution is 0.0502. The summed E-state index contributed by atoms with van der Waals surface area (Å²) in [6.07, 6.45) is 0.128. The molecule has 0 heterocycles. The van der Waals surface area contributed by atoms with Crippen LogP contribution in [0.1, 0.15) is 39.7 Å². The maximum atomic E-state index is 13.1. The summed E-state index contributed by atoms with van der Waals surface area (Å²) in [5, 5.41) is 5.68. The van der Waals surface area contributed by atoms with Crippen molar-refractivity contribution in [1.29, 1.82) is 0 Å². The molecule has 0 radical (unpaired) electrons. The van der Waals surface area contributed by atoms with Crippen LogP contribution in [-0.2, 0) is 11.3 Å². The number of ether oxygens (including phenoxy) is 1. The Morgan fingerprint density at radius 3 is 2.26 bits per heavy atom. The third-order valence-corrected chi connectivity index (χ3v) is 2.98. The zero-order chi connectivity index (χ0) is 17.6. The molecule has 0 aliphatic carbocycles. The third kappa shape index (κ3) is 6.90. The first-order valence-corrected chi connectivity index (χ1v) is 7.46. The summed E-state index contributed by atoms with van der Waals surface area (Å²) < 4.78 is 44.2. The molecule has 0 aromatic heterocycles. The van der Waals surface area contributed by atoms with Crippen LogP contribution < -0.4 is 10.6 Å². The second kappa shape index (κ2) is 8.19. The Labute approximate surface area is 134 Å². The zero-order valence-corrected chi connectivity index (χ0v) is 13.8. The minimum Gasteiger partial charge on any atom is -0.444 e. The first kappa shape index (κ1) is 19.3. The van der Waals surface area contributed by atoms with Crippen molar-refractivity contribution < 1.29 is 22.7 Å². The predicted octanol–water partition coefficient (Wildman–Crippen LogP) is 3.50. The lowest BCUT2D eigenvalue weighted by Gasteiger charge is -2.23. The maximum absolute atomic E-state index is 13.1. The zero-order valence-electron chi connectivity index (χ0n) is 13.8. The minimum atomic E-state index is -1.48. The van der Waals surface area contributed by atoms with Crippen LogP contribution in [0.2, 0.25) is 0 Å². The van der Waals surface area contributed by atoms with E-state index in [1.165, 1.54) is 0 Å². The molecule has 1 aromatic rings. The fourth-order valence-corrected chi connectivity index (χ4v) is 1.87. The number of halogens is 3. The van der Waals surface area contributed by atoms with E-state index in [4.69, 9.17) is 4.74 Å². The van der Waals surface area contributed by atoms with Gasteiger partial charge in [0.25, 0.3) is 0 Å². The van der Waals surface area contributed by atoms with Crippen molar-refractivity contribution in [2.45, 2.75) is 52.3 Å². The summed E-state index contributed by atoms with van der Waals surface area (Å²) in [5.74, 6) is -3.92. The van der Waals surface area contributed by atoms with Gasteiger partial charge in [0.05, 0.1) is 0 Å². The second-order valence-corrected chi connectivity index (χ2v) is 6.26. The number of hydrogen-bond acceptors (Lipinski definition) is 3. The molecule has 0 aliphatic rings. The fourth-order valence-electron chi connectivity index (χ4n) is 1.87. The average molecular weight is 332 g/mol. The molecule has 4 nitrogen and oxygen atoms in total. The molecule has 0 spiro atoms. The fraction of sp³-hybridized carbons (Fsp3) is 0.562. The van der Waals surface area contributed by atoms with Gasteiger partial charge in [0.15, 0.2) is 17.5 Å². The topological polar surface area (TPSA) is 50.4 Å². The normalized spacial score (nSPS) is 12.8. The van der Waals surface area contributed by atoms with Gasteiger partial charge < -0.3 is 15.4 Å². The molecular weight excluding hydrogens is 309 g/mol. The Bertz CT molecular complexity index is 522. The summed E-state index contributed by atoms with van der Waals surface area (Å²) in [5.41, 5.74) is -0.299. The van der Waals surface area contributed by atoms with Gasteiger partial charge in [-0.25, -0.2) is 18.0 Å². The van der Waals surface area contributed by atoms with E-state index in [1.807, 2.05) is 6.92 Å². The lowest BCUT2D eigenvalue weighted by Crippen LogP contribution is -2.43. The van der Waals surface area contributed by atoms with Gasteiger partial charge in [-0.05, 0) is 44.9 Å². The minimum absolute atomic E-state index is 0.153. The van der Waals surface area contributed by atoms with Crippen molar-refractivity contribution in [3.8, 4) is 0 Å². The van der Waals surface area contributed by atoms with Crippen molar-refractivity contribution in [3.05, 3.63) is 35.1 Å². The van der Waals surface area contributed by atoms with Crippen molar-refractivity contribution in [2.75, 3.05) is 6.54 Å². The molecule has 0 saturated heterocycles. The SMILES string of the molecule is CCC(CNCc1cc(F)c(F)c(F)c1)NC(=O)OC(C)(C)C. The van der Waals surface area contributed by atoms with Gasteiger partial charge in [-0.15, -0.1) is 0 Å². The van der Waals surface area contributed by atoms with Crippen LogP contribution in [0.3, 0.4) is 0 Å². The van der Waals surface area contributed by atoms with Crippen LogP contribution in [-0.4, -0.2) is 24.3 Å². The van der Waals surface area contributed by atoms with Crippen LogP contribution in [0.15, 0.2) is 12.1 Å². The van der Waals surface area contributed by atoms with E-state index in [1.54, 1.807) is 20.8 Å². The summed E-state index contributed by atoms with van der Waals surface area (Å²) in [6, 6.07) is 1.68. The summed E-state index contributed by atoms with van der Waals surface area (Å²) in [6.45, 7) is 7.73. The quantitative estimate of drug-likeness (QED) is 0.784. The van der Waals surface area contributed by atoms with E-state index in [9.17, 15) is 18.0 Å².